The summed E-state index contributed by atoms with van der Waals surface area (Å²) in [5, 5.41) is 0. The van der Waals surface area contributed by atoms with Crippen LogP contribution in [0, 0.1) is 0 Å². The lowest BCUT2D eigenvalue weighted by atomic mass is 9.78. The Morgan fingerprint density at radius 1 is 0.654 bits per heavy atom. The fourth-order valence-electron chi connectivity index (χ4n) is 3.27. The summed E-state index contributed by atoms with van der Waals surface area (Å²) >= 11 is 0. The lowest BCUT2D eigenvalue weighted by Gasteiger charge is -2.27. The maximum absolute atomic E-state index is 11.1. The van der Waals surface area contributed by atoms with E-state index in [2.05, 4.69) is 0 Å². The average molecular weight is 396 g/mol. The molecule has 0 radical (unpaired) electrons. The molecule has 0 unspecified atom stereocenters. The van der Waals surface area contributed by atoms with Crippen LogP contribution in [0.15, 0.2) is 58.3 Å². The summed E-state index contributed by atoms with van der Waals surface area (Å²) in [6, 6.07) is 11.8. The van der Waals surface area contributed by atoms with Crippen LogP contribution in [0.4, 0.5) is 0 Å². The maximum Gasteiger partial charge on any atom is 0.124 e. The molecule has 0 aliphatic rings. The first kappa shape index (κ1) is 20.6. The van der Waals surface area contributed by atoms with E-state index in [1.54, 1.807) is 24.3 Å². The Hall–Kier alpha value is -1.74. The van der Waals surface area contributed by atoms with Crippen LogP contribution in [0.25, 0.3) is 0 Å². The molecular weight excluding hydrogens is 376 g/mol. The second-order valence-electron chi connectivity index (χ2n) is 6.08. The van der Waals surface area contributed by atoms with Crippen LogP contribution in [-0.4, -0.2) is 25.9 Å². The van der Waals surface area contributed by atoms with Gasteiger partial charge in [0.2, 0.25) is 0 Å². The van der Waals surface area contributed by atoms with Crippen molar-refractivity contribution >= 4 is 20.2 Å². The maximum atomic E-state index is 11.1. The second-order valence-corrected chi connectivity index (χ2v) is 8.84. The molecule has 0 saturated carbocycles. The van der Waals surface area contributed by atoms with E-state index in [0.29, 0.717) is 0 Å². The van der Waals surface area contributed by atoms with Crippen molar-refractivity contribution in [1.29, 1.82) is 0 Å². The number of rotatable bonds is 7. The van der Waals surface area contributed by atoms with Crippen LogP contribution in [0.5, 0.6) is 0 Å². The van der Waals surface area contributed by atoms with Crippen LogP contribution < -0.4 is 0 Å². The molecular formula is C18H20O6S2-2. The summed E-state index contributed by atoms with van der Waals surface area (Å²) in [6.45, 7) is 4.00. The number of hydrogen-bond donors (Lipinski definition) is 0. The molecule has 0 aliphatic heterocycles. The predicted octanol–water partition coefficient (Wildman–Crippen LogP) is 3.18. The third-order valence-electron chi connectivity index (χ3n) is 4.56. The lowest BCUT2D eigenvalue weighted by Crippen LogP contribution is -2.11. The molecule has 0 aliphatic carbocycles. The molecule has 0 bridgehead atoms. The van der Waals surface area contributed by atoms with Crippen molar-refractivity contribution in [3.05, 3.63) is 59.7 Å². The fourth-order valence-corrected chi connectivity index (χ4v) is 4.21. The van der Waals surface area contributed by atoms with Crippen molar-refractivity contribution in [1.82, 2.24) is 0 Å². The van der Waals surface area contributed by atoms with E-state index in [1.807, 2.05) is 13.8 Å². The van der Waals surface area contributed by atoms with Crippen molar-refractivity contribution in [2.45, 2.75) is 48.3 Å². The van der Waals surface area contributed by atoms with Gasteiger partial charge in [-0.15, -0.1) is 0 Å². The van der Waals surface area contributed by atoms with Gasteiger partial charge in [0, 0.05) is 0 Å². The highest BCUT2D eigenvalue weighted by Crippen LogP contribution is 2.38. The van der Waals surface area contributed by atoms with E-state index >= 15 is 0 Å². The Balaban J connectivity index is 2.37. The molecule has 8 heteroatoms. The van der Waals surface area contributed by atoms with Crippen molar-refractivity contribution in [3.63, 3.8) is 0 Å². The van der Waals surface area contributed by atoms with Crippen molar-refractivity contribution in [2.24, 2.45) is 0 Å². The van der Waals surface area contributed by atoms with Gasteiger partial charge in [0.05, 0.1) is 9.79 Å². The van der Waals surface area contributed by atoms with E-state index in [1.165, 1.54) is 24.3 Å². The van der Waals surface area contributed by atoms with Crippen molar-refractivity contribution in [2.75, 3.05) is 0 Å². The first-order valence-electron chi connectivity index (χ1n) is 8.19. The van der Waals surface area contributed by atoms with Gasteiger partial charge in [-0.1, -0.05) is 38.1 Å². The highest BCUT2D eigenvalue weighted by molar-refractivity contribution is 7.86. The summed E-state index contributed by atoms with van der Waals surface area (Å²) in [4.78, 5) is -0.539. The first-order valence-corrected chi connectivity index (χ1v) is 11.0. The SMILES string of the molecule is CC[C@H](c1ccc(S(=O)(=O)[O-])cc1)[C@H](CC)c1ccc(S(=O)(=O)[O-])cc1. The molecule has 2 atom stereocenters. The van der Waals surface area contributed by atoms with Crippen molar-refractivity contribution < 1.29 is 25.9 Å². The Morgan fingerprint density at radius 3 is 1.12 bits per heavy atom. The molecule has 0 fully saturated rings. The standard InChI is InChI=1S/C18H22O6S2/c1-3-17(13-5-9-15(10-6-13)25(19,20)21)18(4-2)14-7-11-16(12-8-14)26(22,23)24/h5-12,17-18H,3-4H2,1-2H3,(H,19,20,21)(H,22,23,24)/p-2/t17-,18-/m1/s1. The Kier molecular flexibility index (Phi) is 6.23. The summed E-state index contributed by atoms with van der Waals surface area (Å²) in [5.74, 6) is 0.108. The molecule has 26 heavy (non-hydrogen) atoms. The lowest BCUT2D eigenvalue weighted by molar-refractivity contribution is 0.460. The summed E-state index contributed by atoms with van der Waals surface area (Å²) in [5.41, 5.74) is 1.79. The Morgan fingerprint density at radius 2 is 0.923 bits per heavy atom. The van der Waals surface area contributed by atoms with E-state index in [0.717, 1.165) is 24.0 Å². The highest BCUT2D eigenvalue weighted by atomic mass is 32.2. The zero-order valence-corrected chi connectivity index (χ0v) is 16.1. The zero-order valence-electron chi connectivity index (χ0n) is 14.5. The summed E-state index contributed by atoms with van der Waals surface area (Å²) in [7, 11) is -8.97. The van der Waals surface area contributed by atoms with Gasteiger partial charge in [-0.3, -0.25) is 0 Å². The molecule has 0 spiro atoms. The number of hydrogen-bond acceptors (Lipinski definition) is 6. The monoisotopic (exact) mass is 396 g/mol. The van der Waals surface area contributed by atoms with Gasteiger partial charge >= 0.3 is 0 Å². The molecule has 0 heterocycles. The van der Waals surface area contributed by atoms with Crippen molar-refractivity contribution in [3.8, 4) is 0 Å². The van der Waals surface area contributed by atoms with Crippen LogP contribution in [0.1, 0.15) is 49.7 Å². The molecule has 142 valence electrons. The number of benzene rings is 2. The van der Waals surface area contributed by atoms with E-state index in [9.17, 15) is 25.9 Å². The third kappa shape index (κ3) is 4.70. The third-order valence-corrected chi connectivity index (χ3v) is 6.26. The zero-order chi connectivity index (χ0) is 19.5. The molecule has 0 amide bonds. The van der Waals surface area contributed by atoms with Gasteiger partial charge < -0.3 is 9.11 Å². The van der Waals surface area contributed by atoms with Crippen LogP contribution in [-0.2, 0) is 20.2 Å². The molecule has 0 N–H and O–H groups in total. The van der Waals surface area contributed by atoms with E-state index < -0.39 is 20.2 Å². The minimum atomic E-state index is -4.49. The molecule has 6 nitrogen and oxygen atoms in total. The van der Waals surface area contributed by atoms with E-state index in [4.69, 9.17) is 0 Å². The molecule has 2 rings (SSSR count). The molecule has 0 aromatic heterocycles. The normalized spacial score (nSPS) is 14.8. The minimum Gasteiger partial charge on any atom is -0.744 e. The quantitative estimate of drug-likeness (QED) is 0.664. The van der Waals surface area contributed by atoms with Gasteiger partial charge in [-0.2, -0.15) is 0 Å². The summed E-state index contributed by atoms with van der Waals surface area (Å²) in [6.07, 6.45) is 1.53. The minimum absolute atomic E-state index is 0.0538. The Labute approximate surface area is 154 Å². The Bertz CT molecular complexity index is 864. The fraction of sp³-hybridized carbons (Fsp3) is 0.333. The predicted molar refractivity (Wildman–Crippen MR) is 94.9 cm³/mol. The molecule has 0 saturated heterocycles. The molecule has 2 aromatic rings. The van der Waals surface area contributed by atoms with Crippen LogP contribution in [0.2, 0.25) is 0 Å². The second kappa shape index (κ2) is 7.87. The topological polar surface area (TPSA) is 114 Å². The van der Waals surface area contributed by atoms with Gasteiger partial charge in [0.15, 0.2) is 0 Å². The average Bonchev–Trinajstić information content (AvgIpc) is 2.58. The van der Waals surface area contributed by atoms with Crippen LogP contribution in [0.3, 0.4) is 0 Å². The van der Waals surface area contributed by atoms with Gasteiger partial charge in [-0.25, -0.2) is 16.8 Å². The van der Waals surface area contributed by atoms with Gasteiger partial charge in [0.25, 0.3) is 0 Å². The first-order chi connectivity index (χ1) is 12.1. The smallest absolute Gasteiger partial charge is 0.124 e. The van der Waals surface area contributed by atoms with E-state index in [-0.39, 0.29) is 21.6 Å². The summed E-state index contributed by atoms with van der Waals surface area (Å²) < 4.78 is 66.5. The largest absolute Gasteiger partial charge is 0.744 e. The van der Waals surface area contributed by atoms with Gasteiger partial charge in [0.1, 0.15) is 20.2 Å². The highest BCUT2D eigenvalue weighted by Gasteiger charge is 2.22. The molecule has 2 aromatic carbocycles. The van der Waals surface area contributed by atoms with Crippen LogP contribution >= 0.6 is 0 Å². The van der Waals surface area contributed by atoms with Gasteiger partial charge in [-0.05, 0) is 60.1 Å².